The first-order valence-corrected chi connectivity index (χ1v) is 8.76. The maximum Gasteiger partial charge on any atom is 0.336 e. The lowest BCUT2D eigenvalue weighted by atomic mass is 9.89. The van der Waals surface area contributed by atoms with Crippen LogP contribution in [0.1, 0.15) is 22.8 Å². The fourth-order valence-electron chi connectivity index (χ4n) is 3.55. The molecule has 2 N–H and O–H groups in total. The minimum Gasteiger partial charge on any atom is -0.505 e. The Morgan fingerprint density at radius 2 is 1.79 bits per heavy atom. The van der Waals surface area contributed by atoms with Gasteiger partial charge in [-0.15, -0.1) is 0 Å². The van der Waals surface area contributed by atoms with Crippen LogP contribution in [0.25, 0.3) is 33.4 Å². The fraction of sp³-hybridized carbons (Fsp3) is 0.0909. The Morgan fingerprint density at radius 1 is 1.07 bits per heavy atom. The summed E-state index contributed by atoms with van der Waals surface area (Å²) >= 11 is 0. The van der Waals surface area contributed by atoms with Gasteiger partial charge in [-0.05, 0) is 30.2 Å². The number of phenols is 1. The van der Waals surface area contributed by atoms with E-state index < -0.39 is 28.8 Å². The molecule has 0 atom stereocenters. The Bertz CT molecular complexity index is 1320. The van der Waals surface area contributed by atoms with Crippen LogP contribution in [0.3, 0.4) is 0 Å². The third kappa shape index (κ3) is 2.82. The van der Waals surface area contributed by atoms with Gasteiger partial charge in [0.2, 0.25) is 5.43 Å². The van der Waals surface area contributed by atoms with Crippen LogP contribution in [0.4, 0.5) is 8.78 Å². The number of hydrogen-bond acceptors (Lipinski definition) is 4. The Morgan fingerprint density at radius 3 is 2.48 bits per heavy atom. The fourth-order valence-corrected chi connectivity index (χ4v) is 3.55. The van der Waals surface area contributed by atoms with Gasteiger partial charge in [0.15, 0.2) is 17.4 Å². The first-order valence-electron chi connectivity index (χ1n) is 8.76. The molecular weight excluding hydrogens is 382 g/mol. The topological polar surface area (TPSA) is 87.7 Å². The largest absolute Gasteiger partial charge is 0.505 e. The second-order valence-corrected chi connectivity index (χ2v) is 6.52. The molecule has 0 radical (unpaired) electrons. The van der Waals surface area contributed by atoms with Gasteiger partial charge in [0.1, 0.15) is 11.3 Å². The number of halogens is 2. The normalized spacial score (nSPS) is 11.3. The smallest absolute Gasteiger partial charge is 0.336 e. The monoisotopic (exact) mass is 396 g/mol. The highest BCUT2D eigenvalue weighted by atomic mass is 19.1. The second-order valence-electron chi connectivity index (χ2n) is 6.52. The number of carboxylic acid groups (broad SMARTS) is 1. The Kier molecular flexibility index (Phi) is 4.30. The molecule has 7 heteroatoms. The number of rotatable bonds is 3. The number of fused-ring (bicyclic) bond motifs is 2. The van der Waals surface area contributed by atoms with Crippen molar-refractivity contribution in [1.82, 2.24) is 0 Å². The molecule has 0 aromatic heterocycles. The zero-order valence-corrected chi connectivity index (χ0v) is 15.1. The molecular formula is C22H14F2O5. The molecule has 2 aromatic carbocycles. The van der Waals surface area contributed by atoms with Crippen molar-refractivity contribution in [2.75, 3.05) is 0 Å². The van der Waals surface area contributed by atoms with Gasteiger partial charge in [-0.25, -0.2) is 13.6 Å². The number of carboxylic acids is 1. The van der Waals surface area contributed by atoms with Gasteiger partial charge in [0.25, 0.3) is 0 Å². The molecule has 0 amide bonds. The van der Waals surface area contributed by atoms with Gasteiger partial charge in [-0.2, -0.15) is 0 Å². The molecule has 5 nitrogen and oxygen atoms in total. The second kappa shape index (κ2) is 6.70. The molecule has 0 unspecified atom stereocenters. The number of aromatic carboxylic acids is 1. The van der Waals surface area contributed by atoms with E-state index in [1.807, 2.05) is 0 Å². The molecule has 1 aliphatic heterocycles. The van der Waals surface area contributed by atoms with Crippen LogP contribution >= 0.6 is 0 Å². The number of aromatic hydroxyl groups is 1. The molecule has 1 aliphatic carbocycles. The van der Waals surface area contributed by atoms with Crippen LogP contribution in [0.15, 0.2) is 51.7 Å². The number of hydrogen-bond donors (Lipinski definition) is 2. The number of phenolic OH excluding ortho intramolecular Hbond substituents is 1. The lowest BCUT2D eigenvalue weighted by molar-refractivity contribution is 0.0697. The van der Waals surface area contributed by atoms with E-state index >= 15 is 0 Å². The van der Waals surface area contributed by atoms with E-state index in [0.717, 1.165) is 18.2 Å². The van der Waals surface area contributed by atoms with Gasteiger partial charge in [-0.1, -0.05) is 25.1 Å². The van der Waals surface area contributed by atoms with E-state index in [4.69, 9.17) is 4.42 Å². The van der Waals surface area contributed by atoms with E-state index in [1.165, 1.54) is 18.2 Å². The number of carbonyl (C=O) groups is 1. The van der Waals surface area contributed by atoms with E-state index in [1.54, 1.807) is 13.0 Å². The molecule has 0 fully saturated rings. The van der Waals surface area contributed by atoms with Crippen LogP contribution in [-0.2, 0) is 6.42 Å². The lowest BCUT2D eigenvalue weighted by Gasteiger charge is -2.18. The molecule has 0 bridgehead atoms. The Labute approximate surface area is 162 Å². The van der Waals surface area contributed by atoms with E-state index in [2.05, 4.69) is 0 Å². The average molecular weight is 396 g/mol. The van der Waals surface area contributed by atoms with E-state index in [-0.39, 0.29) is 51.0 Å². The van der Waals surface area contributed by atoms with Crippen LogP contribution in [0.5, 0.6) is 5.75 Å². The zero-order valence-electron chi connectivity index (χ0n) is 15.1. The van der Waals surface area contributed by atoms with Crippen LogP contribution in [0, 0.1) is 11.6 Å². The van der Waals surface area contributed by atoms with Crippen LogP contribution in [-0.4, -0.2) is 16.2 Å². The summed E-state index contributed by atoms with van der Waals surface area (Å²) in [5.74, 6) is -3.78. The van der Waals surface area contributed by atoms with Crippen molar-refractivity contribution in [3.05, 3.63) is 75.4 Å². The predicted octanol–water partition coefficient (Wildman–Crippen LogP) is 4.81. The summed E-state index contributed by atoms with van der Waals surface area (Å²) in [5, 5.41) is 19.9. The first-order chi connectivity index (χ1) is 13.8. The van der Waals surface area contributed by atoms with Crippen molar-refractivity contribution in [3.63, 3.8) is 0 Å². The number of aryl methyl sites for hydroxylation is 1. The van der Waals surface area contributed by atoms with Gasteiger partial charge < -0.3 is 14.6 Å². The van der Waals surface area contributed by atoms with Crippen molar-refractivity contribution in [3.8, 4) is 28.2 Å². The first kappa shape index (κ1) is 18.6. The summed E-state index contributed by atoms with van der Waals surface area (Å²) in [7, 11) is 0. The standard InChI is InChI=1S/C22H14F2O5/c1-2-10-20(26)16(24)8-14-19(11-5-3-4-6-12(11)22(27)28)13-7-15(23)17(25)9-18(13)29-21(10)14/h3-9,26H,2H2,1H3,(H,27,28). The zero-order chi connectivity index (χ0) is 20.9. The molecule has 0 spiro atoms. The van der Waals surface area contributed by atoms with Crippen molar-refractivity contribution in [1.29, 1.82) is 0 Å². The average Bonchev–Trinajstić information content (AvgIpc) is 2.69. The lowest BCUT2D eigenvalue weighted by Crippen LogP contribution is -2.08. The van der Waals surface area contributed by atoms with E-state index in [0.29, 0.717) is 0 Å². The molecule has 146 valence electrons. The van der Waals surface area contributed by atoms with Crippen LogP contribution < -0.4 is 5.43 Å². The maximum atomic E-state index is 14.5. The Hall–Kier alpha value is -3.74. The third-order valence-corrected chi connectivity index (χ3v) is 4.87. The molecule has 1 heterocycles. The highest BCUT2D eigenvalue weighted by Crippen LogP contribution is 2.44. The van der Waals surface area contributed by atoms with Crippen molar-refractivity contribution >= 4 is 16.9 Å². The predicted molar refractivity (Wildman–Crippen MR) is 102 cm³/mol. The maximum absolute atomic E-state index is 14.5. The SMILES string of the molecule is CCc1c(O)c(F)cc2c(-c3ccccc3C(=O)O)c3cc(F)c(=O)cc-3oc12. The van der Waals surface area contributed by atoms with Crippen molar-refractivity contribution in [2.24, 2.45) is 0 Å². The van der Waals surface area contributed by atoms with Gasteiger partial charge in [0, 0.05) is 28.1 Å². The molecule has 2 aliphatic rings. The minimum absolute atomic E-state index is 0.000185. The Balaban J connectivity index is 2.31. The van der Waals surface area contributed by atoms with Crippen molar-refractivity contribution in [2.45, 2.75) is 13.3 Å². The molecule has 0 saturated carbocycles. The van der Waals surface area contributed by atoms with Crippen molar-refractivity contribution < 1.29 is 28.2 Å². The number of benzene rings is 3. The molecule has 4 rings (SSSR count). The quantitative estimate of drug-likeness (QED) is 0.485. The molecule has 0 saturated heterocycles. The van der Waals surface area contributed by atoms with Gasteiger partial charge in [0.05, 0.1) is 5.56 Å². The molecule has 2 aromatic rings. The highest BCUT2D eigenvalue weighted by molar-refractivity contribution is 6.08. The van der Waals surface area contributed by atoms with Gasteiger partial charge in [-0.3, -0.25) is 4.79 Å². The summed E-state index contributed by atoms with van der Waals surface area (Å²) in [4.78, 5) is 23.6. The third-order valence-electron chi connectivity index (χ3n) is 4.87. The highest BCUT2D eigenvalue weighted by Gasteiger charge is 2.25. The molecule has 29 heavy (non-hydrogen) atoms. The summed E-state index contributed by atoms with van der Waals surface area (Å²) in [5.41, 5.74) is -0.201. The summed E-state index contributed by atoms with van der Waals surface area (Å²) in [6.07, 6.45) is 0.209. The minimum atomic E-state index is -1.22. The van der Waals surface area contributed by atoms with Crippen LogP contribution in [0.2, 0.25) is 0 Å². The summed E-state index contributed by atoms with van der Waals surface area (Å²) < 4.78 is 34.3. The van der Waals surface area contributed by atoms with Gasteiger partial charge >= 0.3 is 5.97 Å². The van der Waals surface area contributed by atoms with E-state index in [9.17, 15) is 28.6 Å². The summed E-state index contributed by atoms with van der Waals surface area (Å²) in [6, 6.07) is 8.93. The summed E-state index contributed by atoms with van der Waals surface area (Å²) in [6.45, 7) is 1.68.